The van der Waals surface area contributed by atoms with Gasteiger partial charge in [0, 0.05) is 18.8 Å². The van der Waals surface area contributed by atoms with E-state index in [1.807, 2.05) is 4.90 Å². The first-order chi connectivity index (χ1) is 11.6. The van der Waals surface area contributed by atoms with Crippen LogP contribution in [0.4, 0.5) is 5.69 Å². The van der Waals surface area contributed by atoms with Crippen LogP contribution in [-0.4, -0.2) is 52.4 Å². The Balaban J connectivity index is 1.77. The molecule has 1 aromatic carbocycles. The molecule has 0 saturated carbocycles. The van der Waals surface area contributed by atoms with Gasteiger partial charge in [-0.2, -0.15) is 0 Å². The Morgan fingerprint density at radius 3 is 2.50 bits per heavy atom. The van der Waals surface area contributed by atoms with E-state index in [0.29, 0.717) is 17.0 Å². The zero-order chi connectivity index (χ0) is 17.4. The molecule has 0 bridgehead atoms. The summed E-state index contributed by atoms with van der Waals surface area (Å²) in [7, 11) is 0. The number of carboxylic acids is 1. The van der Waals surface area contributed by atoms with E-state index in [-0.39, 0.29) is 24.0 Å². The third-order valence-electron chi connectivity index (χ3n) is 3.80. The normalized spacial score (nSPS) is 14.2. The Hall–Kier alpha value is -2.02. The molecular weight excluding hydrogens is 328 g/mol. The van der Waals surface area contributed by atoms with Crippen molar-refractivity contribution in [2.75, 3.05) is 29.9 Å². The van der Waals surface area contributed by atoms with Crippen LogP contribution in [0.1, 0.15) is 24.8 Å². The molecule has 130 valence electrons. The van der Waals surface area contributed by atoms with Crippen LogP contribution < -0.4 is 5.32 Å². The summed E-state index contributed by atoms with van der Waals surface area (Å²) >= 11 is 1.28. The highest BCUT2D eigenvalue weighted by atomic mass is 32.2. The number of para-hydroxylation sites is 1. The molecule has 1 fully saturated rings. The number of hydrogen-bond acceptors (Lipinski definition) is 4. The maximum absolute atomic E-state index is 12.0. The number of nitrogens with one attached hydrogen (secondary N) is 1. The van der Waals surface area contributed by atoms with Crippen molar-refractivity contribution in [1.82, 2.24) is 4.90 Å². The summed E-state index contributed by atoms with van der Waals surface area (Å²) in [6.07, 6.45) is 3.14. The Kier molecular flexibility index (Phi) is 7.11. The molecule has 1 aromatic rings. The van der Waals surface area contributed by atoms with Crippen LogP contribution in [0.2, 0.25) is 0 Å². The molecule has 0 aliphatic carbocycles. The fourth-order valence-corrected chi connectivity index (χ4v) is 3.33. The first kappa shape index (κ1) is 18.3. The molecule has 0 spiro atoms. The quantitative estimate of drug-likeness (QED) is 0.785. The standard InChI is InChI=1S/C17H22N2O4S/c20-15(11-24-12-16(21)19-8-4-1-5-9-19)18-14-7-3-2-6-13(14)10-17(22)23/h2-3,6-7H,1,4-5,8-12H2,(H,18,20)(H,22,23). The summed E-state index contributed by atoms with van der Waals surface area (Å²) in [6.45, 7) is 1.63. The van der Waals surface area contributed by atoms with Crippen molar-refractivity contribution in [2.24, 2.45) is 0 Å². The number of benzene rings is 1. The third-order valence-corrected chi connectivity index (χ3v) is 4.72. The number of thioether (sulfide) groups is 1. The summed E-state index contributed by atoms with van der Waals surface area (Å²) in [6, 6.07) is 6.84. The summed E-state index contributed by atoms with van der Waals surface area (Å²) in [5.41, 5.74) is 1.07. The summed E-state index contributed by atoms with van der Waals surface area (Å²) in [5.74, 6) is -0.633. The van der Waals surface area contributed by atoms with E-state index in [1.165, 1.54) is 18.2 Å². The Morgan fingerprint density at radius 1 is 1.08 bits per heavy atom. The molecule has 0 unspecified atom stereocenters. The number of piperidine rings is 1. The molecule has 2 amide bonds. The van der Waals surface area contributed by atoms with Gasteiger partial charge in [-0.3, -0.25) is 14.4 Å². The number of nitrogens with zero attached hydrogens (tertiary/aromatic N) is 1. The first-order valence-corrected chi connectivity index (χ1v) is 9.17. The van der Waals surface area contributed by atoms with Gasteiger partial charge in [0.15, 0.2) is 0 Å². The van der Waals surface area contributed by atoms with Gasteiger partial charge in [0.05, 0.1) is 17.9 Å². The van der Waals surface area contributed by atoms with E-state index >= 15 is 0 Å². The van der Waals surface area contributed by atoms with Gasteiger partial charge in [0.25, 0.3) is 0 Å². The van der Waals surface area contributed by atoms with Gasteiger partial charge >= 0.3 is 5.97 Å². The maximum Gasteiger partial charge on any atom is 0.307 e. The smallest absolute Gasteiger partial charge is 0.307 e. The van der Waals surface area contributed by atoms with E-state index in [0.717, 1.165) is 25.9 Å². The van der Waals surface area contributed by atoms with Crippen molar-refractivity contribution in [3.05, 3.63) is 29.8 Å². The number of aliphatic carboxylic acids is 1. The number of hydrogen-bond donors (Lipinski definition) is 2. The highest BCUT2D eigenvalue weighted by Crippen LogP contribution is 2.17. The van der Waals surface area contributed by atoms with Gasteiger partial charge in [-0.05, 0) is 30.9 Å². The average Bonchev–Trinajstić information content (AvgIpc) is 2.57. The predicted octanol–water partition coefficient (Wildman–Crippen LogP) is 2.00. The van der Waals surface area contributed by atoms with Crippen molar-refractivity contribution < 1.29 is 19.5 Å². The second kappa shape index (κ2) is 9.32. The zero-order valence-electron chi connectivity index (χ0n) is 13.5. The average molecular weight is 350 g/mol. The number of anilines is 1. The lowest BCUT2D eigenvalue weighted by Gasteiger charge is -2.26. The summed E-state index contributed by atoms with van der Waals surface area (Å²) in [5, 5.41) is 11.6. The van der Waals surface area contributed by atoms with Gasteiger partial charge in [-0.15, -0.1) is 11.8 Å². The van der Waals surface area contributed by atoms with Crippen LogP contribution in [0.15, 0.2) is 24.3 Å². The van der Waals surface area contributed by atoms with E-state index in [4.69, 9.17) is 5.11 Å². The van der Waals surface area contributed by atoms with Crippen molar-refractivity contribution in [1.29, 1.82) is 0 Å². The van der Waals surface area contributed by atoms with Crippen molar-refractivity contribution in [3.8, 4) is 0 Å². The largest absolute Gasteiger partial charge is 0.481 e. The molecule has 1 aliphatic rings. The minimum absolute atomic E-state index is 0.0822. The first-order valence-electron chi connectivity index (χ1n) is 8.01. The number of carboxylic acid groups (broad SMARTS) is 1. The topological polar surface area (TPSA) is 86.7 Å². The molecule has 0 radical (unpaired) electrons. The van der Waals surface area contributed by atoms with E-state index in [9.17, 15) is 14.4 Å². The van der Waals surface area contributed by atoms with Crippen molar-refractivity contribution >= 4 is 35.2 Å². The molecule has 1 aliphatic heterocycles. The highest BCUT2D eigenvalue weighted by molar-refractivity contribution is 8.00. The Bertz CT molecular complexity index is 600. The number of likely N-dealkylation sites (tertiary alicyclic amines) is 1. The molecule has 7 heteroatoms. The fraction of sp³-hybridized carbons (Fsp3) is 0.471. The molecule has 6 nitrogen and oxygen atoms in total. The molecule has 24 heavy (non-hydrogen) atoms. The molecule has 1 saturated heterocycles. The van der Waals surface area contributed by atoms with Crippen molar-refractivity contribution in [2.45, 2.75) is 25.7 Å². The lowest BCUT2D eigenvalue weighted by atomic mass is 10.1. The number of amides is 2. The predicted molar refractivity (Wildman–Crippen MR) is 94.2 cm³/mol. The summed E-state index contributed by atoms with van der Waals surface area (Å²) in [4.78, 5) is 36.7. The van der Waals surface area contributed by atoms with Gasteiger partial charge in [0.1, 0.15) is 0 Å². The molecule has 0 atom stereocenters. The van der Waals surface area contributed by atoms with Crippen LogP contribution in [0.25, 0.3) is 0 Å². The number of carbonyl (C=O) groups excluding carboxylic acids is 2. The number of rotatable bonds is 7. The molecular formula is C17H22N2O4S. The van der Waals surface area contributed by atoms with Gasteiger partial charge in [0.2, 0.25) is 11.8 Å². The van der Waals surface area contributed by atoms with E-state index < -0.39 is 5.97 Å². The second-order valence-electron chi connectivity index (χ2n) is 5.71. The van der Waals surface area contributed by atoms with Crippen LogP contribution in [0.5, 0.6) is 0 Å². The molecule has 2 rings (SSSR count). The van der Waals surface area contributed by atoms with Crippen molar-refractivity contribution in [3.63, 3.8) is 0 Å². The Labute approximate surface area is 145 Å². The van der Waals surface area contributed by atoms with Crippen LogP contribution in [0.3, 0.4) is 0 Å². The lowest BCUT2D eigenvalue weighted by molar-refractivity contribution is -0.136. The minimum atomic E-state index is -0.946. The fourth-order valence-electron chi connectivity index (χ4n) is 2.61. The minimum Gasteiger partial charge on any atom is -0.481 e. The second-order valence-corrected chi connectivity index (χ2v) is 6.70. The third kappa shape index (κ3) is 5.88. The van der Waals surface area contributed by atoms with Gasteiger partial charge < -0.3 is 15.3 Å². The van der Waals surface area contributed by atoms with Gasteiger partial charge in [-0.1, -0.05) is 18.2 Å². The van der Waals surface area contributed by atoms with Crippen LogP contribution in [-0.2, 0) is 20.8 Å². The highest BCUT2D eigenvalue weighted by Gasteiger charge is 2.17. The lowest BCUT2D eigenvalue weighted by Crippen LogP contribution is -2.37. The molecule has 1 heterocycles. The number of carbonyl (C=O) groups is 3. The van der Waals surface area contributed by atoms with E-state index in [1.54, 1.807) is 24.3 Å². The Morgan fingerprint density at radius 2 is 1.79 bits per heavy atom. The zero-order valence-corrected chi connectivity index (χ0v) is 14.3. The summed E-state index contributed by atoms with van der Waals surface area (Å²) < 4.78 is 0. The van der Waals surface area contributed by atoms with Crippen LogP contribution in [0, 0.1) is 0 Å². The SMILES string of the molecule is O=C(O)Cc1ccccc1NC(=O)CSCC(=O)N1CCCCC1. The molecule has 0 aromatic heterocycles. The molecule has 2 N–H and O–H groups in total. The maximum atomic E-state index is 12.0. The van der Waals surface area contributed by atoms with Crippen LogP contribution >= 0.6 is 11.8 Å². The monoisotopic (exact) mass is 350 g/mol. The van der Waals surface area contributed by atoms with Gasteiger partial charge in [-0.25, -0.2) is 0 Å². The van der Waals surface area contributed by atoms with E-state index in [2.05, 4.69) is 5.32 Å².